The number of esters is 1. The van der Waals surface area contributed by atoms with Crippen LogP contribution in [0.3, 0.4) is 0 Å². The molecule has 0 saturated heterocycles. The minimum absolute atomic E-state index is 0.0939. The predicted molar refractivity (Wildman–Crippen MR) is 75.5 cm³/mol. The van der Waals surface area contributed by atoms with Gasteiger partial charge in [-0.05, 0) is 13.0 Å². The number of nitrogens with one attached hydrogen (secondary N) is 1. The highest BCUT2D eigenvalue weighted by Crippen LogP contribution is 2.34. The van der Waals surface area contributed by atoms with Crippen molar-refractivity contribution in [3.8, 4) is 0 Å². The van der Waals surface area contributed by atoms with Crippen LogP contribution in [0, 0.1) is 6.92 Å². The van der Waals surface area contributed by atoms with Gasteiger partial charge >= 0.3 is 12.1 Å². The van der Waals surface area contributed by atoms with Crippen LogP contribution >= 0.6 is 22.7 Å². The smallest absolute Gasteiger partial charge is 0.434 e. The Kier molecular flexibility index (Phi) is 4.52. The highest BCUT2D eigenvalue weighted by molar-refractivity contribution is 7.17. The minimum atomic E-state index is -4.72. The molecule has 22 heavy (non-hydrogen) atoms. The van der Waals surface area contributed by atoms with E-state index < -0.39 is 28.6 Å². The summed E-state index contributed by atoms with van der Waals surface area (Å²) in [5.41, 5.74) is -0.210. The molecular weight excluding hydrogens is 341 g/mol. The van der Waals surface area contributed by atoms with Crippen molar-refractivity contribution in [3.63, 3.8) is 0 Å². The van der Waals surface area contributed by atoms with E-state index >= 15 is 0 Å². The Morgan fingerprint density at radius 2 is 2.05 bits per heavy atom. The number of thiazole rings is 1. The number of rotatable bonds is 3. The lowest BCUT2D eigenvalue weighted by molar-refractivity contribution is -0.141. The molecule has 0 unspecified atom stereocenters. The molecule has 5 nitrogen and oxygen atoms in total. The van der Waals surface area contributed by atoms with Gasteiger partial charge in [0.1, 0.15) is 9.88 Å². The lowest BCUT2D eigenvalue weighted by Gasteiger charge is -2.07. The Bertz CT molecular complexity index is 722. The van der Waals surface area contributed by atoms with E-state index in [4.69, 9.17) is 0 Å². The summed E-state index contributed by atoms with van der Waals surface area (Å²) < 4.78 is 42.8. The number of thiophene rings is 1. The lowest BCUT2D eigenvalue weighted by Crippen LogP contribution is -2.18. The molecule has 0 fully saturated rings. The van der Waals surface area contributed by atoms with Gasteiger partial charge in [-0.3, -0.25) is 4.79 Å². The molecule has 0 aliphatic rings. The average molecular weight is 350 g/mol. The molecule has 0 aliphatic heterocycles. The SMILES string of the molecule is COC(=O)c1cc(C)sc1NC(=O)c1scnc1C(F)(F)F. The zero-order chi connectivity index (χ0) is 16.5. The second-order valence-electron chi connectivity index (χ2n) is 4.07. The van der Waals surface area contributed by atoms with Crippen molar-refractivity contribution >= 4 is 39.6 Å². The Hall–Kier alpha value is -1.94. The van der Waals surface area contributed by atoms with Crippen LogP contribution < -0.4 is 5.32 Å². The molecule has 1 amide bonds. The van der Waals surface area contributed by atoms with Gasteiger partial charge in [-0.25, -0.2) is 9.78 Å². The van der Waals surface area contributed by atoms with Crippen molar-refractivity contribution in [2.24, 2.45) is 0 Å². The maximum Gasteiger partial charge on any atom is 0.434 e. The van der Waals surface area contributed by atoms with Gasteiger partial charge in [0.2, 0.25) is 0 Å². The first-order chi connectivity index (χ1) is 10.2. The molecule has 2 heterocycles. The molecule has 118 valence electrons. The molecule has 2 aromatic rings. The topological polar surface area (TPSA) is 68.3 Å². The van der Waals surface area contributed by atoms with E-state index in [1.54, 1.807) is 6.92 Å². The lowest BCUT2D eigenvalue weighted by atomic mass is 10.3. The summed E-state index contributed by atoms with van der Waals surface area (Å²) >= 11 is 1.64. The number of methoxy groups -OCH3 is 1. The van der Waals surface area contributed by atoms with Gasteiger partial charge in [-0.15, -0.1) is 22.7 Å². The normalized spacial score (nSPS) is 11.3. The van der Waals surface area contributed by atoms with Crippen molar-refractivity contribution in [2.75, 3.05) is 12.4 Å². The van der Waals surface area contributed by atoms with Gasteiger partial charge in [0.25, 0.3) is 5.91 Å². The van der Waals surface area contributed by atoms with Gasteiger partial charge in [0, 0.05) is 4.88 Å². The number of hydrogen-bond acceptors (Lipinski definition) is 6. The second kappa shape index (κ2) is 6.05. The monoisotopic (exact) mass is 350 g/mol. The molecule has 0 spiro atoms. The fraction of sp³-hybridized carbons (Fsp3) is 0.250. The number of amides is 1. The number of hydrogen-bond donors (Lipinski definition) is 1. The van der Waals surface area contributed by atoms with Crippen LogP contribution in [0.1, 0.15) is 30.6 Å². The van der Waals surface area contributed by atoms with E-state index in [1.165, 1.54) is 13.2 Å². The van der Waals surface area contributed by atoms with Gasteiger partial charge < -0.3 is 10.1 Å². The predicted octanol–water partition coefficient (Wildman–Crippen LogP) is 3.57. The van der Waals surface area contributed by atoms with Crippen LogP contribution in [0.5, 0.6) is 0 Å². The zero-order valence-electron chi connectivity index (χ0n) is 11.3. The summed E-state index contributed by atoms with van der Waals surface area (Å²) in [5.74, 6) is -1.65. The highest BCUT2D eigenvalue weighted by atomic mass is 32.1. The number of aromatic nitrogens is 1. The Morgan fingerprint density at radius 3 is 2.64 bits per heavy atom. The molecule has 0 aliphatic carbocycles. The highest BCUT2D eigenvalue weighted by Gasteiger charge is 2.38. The summed E-state index contributed by atoms with van der Waals surface area (Å²) in [6.45, 7) is 1.70. The summed E-state index contributed by atoms with van der Waals surface area (Å²) in [6, 6.07) is 1.49. The van der Waals surface area contributed by atoms with Crippen LogP contribution in [0.25, 0.3) is 0 Å². The van der Waals surface area contributed by atoms with Crippen molar-refractivity contribution in [1.29, 1.82) is 0 Å². The third kappa shape index (κ3) is 3.28. The second-order valence-corrected chi connectivity index (χ2v) is 6.18. The standard InChI is InChI=1S/C12H9F3N2O3S2/c1-5-3-6(11(19)20-2)10(22-5)17-9(18)7-8(12(13,14)15)16-4-21-7/h3-4H,1-2H3,(H,17,18). The van der Waals surface area contributed by atoms with E-state index in [9.17, 15) is 22.8 Å². The van der Waals surface area contributed by atoms with Gasteiger partial charge in [-0.1, -0.05) is 0 Å². The summed E-state index contributed by atoms with van der Waals surface area (Å²) in [4.78, 5) is 26.9. The van der Waals surface area contributed by atoms with E-state index in [1.807, 2.05) is 0 Å². The number of alkyl halides is 3. The summed E-state index contributed by atoms with van der Waals surface area (Å²) in [5, 5.41) is 2.45. The molecule has 0 atom stereocenters. The van der Waals surface area contributed by atoms with Gasteiger partial charge in [-0.2, -0.15) is 13.2 Å². The number of ether oxygens (including phenoxy) is 1. The third-order valence-corrected chi connectivity index (χ3v) is 4.32. The maximum atomic E-state index is 12.7. The molecule has 2 rings (SSSR count). The molecule has 10 heteroatoms. The number of aryl methyl sites for hydroxylation is 1. The van der Waals surface area contributed by atoms with Gasteiger partial charge in [0.15, 0.2) is 5.69 Å². The molecule has 1 N–H and O–H groups in total. The molecule has 0 radical (unpaired) electrons. The zero-order valence-corrected chi connectivity index (χ0v) is 12.9. The van der Waals surface area contributed by atoms with Crippen LogP contribution in [-0.2, 0) is 10.9 Å². The molecule has 0 saturated carbocycles. The maximum absolute atomic E-state index is 12.7. The minimum Gasteiger partial charge on any atom is -0.465 e. The fourth-order valence-electron chi connectivity index (χ4n) is 1.64. The van der Waals surface area contributed by atoms with Crippen LogP contribution in [0.2, 0.25) is 0 Å². The molecule has 0 aromatic carbocycles. The van der Waals surface area contributed by atoms with Crippen molar-refractivity contribution in [2.45, 2.75) is 13.1 Å². The number of anilines is 1. The molecule has 2 aromatic heterocycles. The Labute approximate surface area is 130 Å². The molecule has 0 bridgehead atoms. The van der Waals surface area contributed by atoms with E-state index in [2.05, 4.69) is 15.0 Å². The number of carbonyl (C=O) groups excluding carboxylic acids is 2. The van der Waals surface area contributed by atoms with Crippen LogP contribution in [-0.4, -0.2) is 24.0 Å². The van der Waals surface area contributed by atoms with E-state index in [0.717, 1.165) is 16.8 Å². The van der Waals surface area contributed by atoms with E-state index in [-0.39, 0.29) is 10.6 Å². The summed E-state index contributed by atoms with van der Waals surface area (Å²) in [7, 11) is 1.17. The largest absolute Gasteiger partial charge is 0.465 e. The quantitative estimate of drug-likeness (QED) is 0.860. The summed E-state index contributed by atoms with van der Waals surface area (Å²) in [6.07, 6.45) is -4.72. The van der Waals surface area contributed by atoms with Gasteiger partial charge in [0.05, 0.1) is 18.2 Å². The third-order valence-electron chi connectivity index (χ3n) is 2.53. The first kappa shape index (κ1) is 16.4. The average Bonchev–Trinajstić information content (AvgIpc) is 3.04. The number of halogens is 3. The van der Waals surface area contributed by atoms with Crippen molar-refractivity contribution < 1.29 is 27.5 Å². The van der Waals surface area contributed by atoms with Crippen molar-refractivity contribution in [1.82, 2.24) is 4.98 Å². The first-order valence-electron chi connectivity index (χ1n) is 5.74. The van der Waals surface area contributed by atoms with E-state index in [0.29, 0.717) is 16.2 Å². The van der Waals surface area contributed by atoms with Crippen molar-refractivity contribution in [3.05, 3.63) is 32.6 Å². The fourth-order valence-corrected chi connectivity index (χ4v) is 3.23. The molecular formula is C12H9F3N2O3S2. The van der Waals surface area contributed by atoms with Crippen LogP contribution in [0.15, 0.2) is 11.6 Å². The Morgan fingerprint density at radius 1 is 1.36 bits per heavy atom. The Balaban J connectivity index is 2.31. The van der Waals surface area contributed by atoms with Crippen LogP contribution in [0.4, 0.5) is 18.2 Å². The number of carbonyl (C=O) groups is 2. The number of nitrogens with zero attached hydrogens (tertiary/aromatic N) is 1. The first-order valence-corrected chi connectivity index (χ1v) is 7.44.